The van der Waals surface area contributed by atoms with E-state index in [0.717, 1.165) is 30.9 Å². The maximum atomic E-state index is 12.8. The minimum absolute atomic E-state index is 0.228. The highest BCUT2D eigenvalue weighted by Gasteiger charge is 2.30. The Hall–Kier alpha value is -1.75. The van der Waals surface area contributed by atoms with Crippen LogP contribution in [0.1, 0.15) is 25.8 Å². The molecule has 1 atom stereocenters. The van der Waals surface area contributed by atoms with E-state index in [9.17, 15) is 4.79 Å². The molecule has 0 radical (unpaired) electrons. The van der Waals surface area contributed by atoms with Crippen molar-refractivity contribution in [2.24, 2.45) is 5.92 Å². The van der Waals surface area contributed by atoms with Crippen molar-refractivity contribution in [3.63, 3.8) is 0 Å². The number of rotatable bonds is 6. The number of benzene rings is 1. The number of carbonyl (C=O) groups excluding carboxylic acids is 1. The van der Waals surface area contributed by atoms with Gasteiger partial charge in [-0.2, -0.15) is 0 Å². The summed E-state index contributed by atoms with van der Waals surface area (Å²) in [7, 11) is 5.39. The second kappa shape index (κ2) is 8.38. The summed E-state index contributed by atoms with van der Waals surface area (Å²) in [5.41, 5.74) is 1.01. The summed E-state index contributed by atoms with van der Waals surface area (Å²) in [6.07, 6.45) is 1.16. The van der Waals surface area contributed by atoms with Gasteiger partial charge in [-0.25, -0.2) is 0 Å². The van der Waals surface area contributed by atoms with Crippen molar-refractivity contribution < 1.29 is 14.3 Å². The molecule has 0 unspecified atom stereocenters. The van der Waals surface area contributed by atoms with E-state index in [1.807, 2.05) is 18.2 Å². The van der Waals surface area contributed by atoms with Crippen molar-refractivity contribution in [2.75, 3.05) is 40.9 Å². The molecular weight excluding hydrogens is 304 g/mol. The summed E-state index contributed by atoms with van der Waals surface area (Å²) in [4.78, 5) is 17.2. The number of hydrogen-bond donors (Lipinski definition) is 0. The molecule has 1 amide bonds. The molecule has 0 saturated carbocycles. The van der Waals surface area contributed by atoms with Crippen molar-refractivity contribution in [3.05, 3.63) is 23.8 Å². The van der Waals surface area contributed by atoms with E-state index >= 15 is 0 Å². The van der Waals surface area contributed by atoms with E-state index in [1.54, 1.807) is 14.2 Å². The van der Waals surface area contributed by atoms with Crippen LogP contribution in [-0.2, 0) is 11.2 Å². The monoisotopic (exact) mass is 334 g/mol. The Morgan fingerprint density at radius 1 is 1.25 bits per heavy atom. The van der Waals surface area contributed by atoms with Gasteiger partial charge in [0.25, 0.3) is 0 Å². The van der Waals surface area contributed by atoms with Gasteiger partial charge >= 0.3 is 0 Å². The van der Waals surface area contributed by atoms with Crippen molar-refractivity contribution in [1.82, 2.24) is 9.80 Å². The zero-order valence-corrected chi connectivity index (χ0v) is 15.5. The van der Waals surface area contributed by atoms with Gasteiger partial charge in [0.1, 0.15) is 0 Å². The van der Waals surface area contributed by atoms with Crippen LogP contribution in [0, 0.1) is 5.92 Å². The van der Waals surface area contributed by atoms with Crippen molar-refractivity contribution in [2.45, 2.75) is 32.7 Å². The van der Waals surface area contributed by atoms with E-state index in [4.69, 9.17) is 9.47 Å². The molecule has 134 valence electrons. The highest BCUT2D eigenvalue weighted by Crippen LogP contribution is 2.31. The Morgan fingerprint density at radius 2 is 2.00 bits per heavy atom. The fourth-order valence-electron chi connectivity index (χ4n) is 3.37. The standard InChI is InChI=1S/C19H30N2O3/c1-14(2)16-13-20(3)11-12-21(16)18(22)10-9-15-7-6-8-17(23-4)19(15)24-5/h6-8,14,16H,9-13H2,1-5H3/t16-/m0/s1. The van der Waals surface area contributed by atoms with Crippen molar-refractivity contribution in [3.8, 4) is 11.5 Å². The fourth-order valence-corrected chi connectivity index (χ4v) is 3.37. The first-order valence-corrected chi connectivity index (χ1v) is 8.65. The van der Waals surface area contributed by atoms with E-state index in [2.05, 4.69) is 30.7 Å². The molecule has 1 fully saturated rings. The molecule has 0 spiro atoms. The topological polar surface area (TPSA) is 42.0 Å². The average Bonchev–Trinajstić information content (AvgIpc) is 2.58. The number of aryl methyl sites for hydroxylation is 1. The van der Waals surface area contributed by atoms with Crippen LogP contribution in [0.25, 0.3) is 0 Å². The van der Waals surface area contributed by atoms with E-state index in [0.29, 0.717) is 30.6 Å². The Bertz CT molecular complexity index is 560. The summed E-state index contributed by atoms with van der Waals surface area (Å²) < 4.78 is 10.8. The quantitative estimate of drug-likeness (QED) is 0.801. The Labute approximate surface area is 145 Å². The second-order valence-electron chi connectivity index (χ2n) is 6.81. The van der Waals surface area contributed by atoms with Gasteiger partial charge in [-0.05, 0) is 31.0 Å². The summed E-state index contributed by atoms with van der Waals surface area (Å²) >= 11 is 0. The Kier molecular flexibility index (Phi) is 6.49. The highest BCUT2D eigenvalue weighted by atomic mass is 16.5. The smallest absolute Gasteiger partial charge is 0.223 e. The van der Waals surface area contributed by atoms with Crippen LogP contribution in [-0.4, -0.2) is 62.7 Å². The molecule has 1 heterocycles. The van der Waals surface area contributed by atoms with Crippen molar-refractivity contribution >= 4 is 5.91 Å². The van der Waals surface area contributed by atoms with Gasteiger partial charge in [0.15, 0.2) is 11.5 Å². The number of ether oxygens (including phenoxy) is 2. The molecule has 24 heavy (non-hydrogen) atoms. The van der Waals surface area contributed by atoms with Crippen LogP contribution in [0.4, 0.5) is 0 Å². The van der Waals surface area contributed by atoms with Crippen LogP contribution >= 0.6 is 0 Å². The third-order valence-corrected chi connectivity index (χ3v) is 4.80. The molecule has 1 aromatic rings. The van der Waals surface area contributed by atoms with Gasteiger partial charge in [0.2, 0.25) is 5.91 Å². The zero-order valence-electron chi connectivity index (χ0n) is 15.5. The molecule has 1 aliphatic rings. The number of nitrogens with zero attached hydrogens (tertiary/aromatic N) is 2. The fraction of sp³-hybridized carbons (Fsp3) is 0.632. The number of carbonyl (C=O) groups is 1. The number of hydrogen-bond acceptors (Lipinski definition) is 4. The maximum Gasteiger partial charge on any atom is 0.223 e. The third kappa shape index (κ3) is 4.20. The first kappa shape index (κ1) is 18.6. The zero-order chi connectivity index (χ0) is 17.7. The predicted octanol–water partition coefficient (Wildman–Crippen LogP) is 2.44. The number of para-hydroxylation sites is 1. The minimum atomic E-state index is 0.228. The predicted molar refractivity (Wildman–Crippen MR) is 95.7 cm³/mol. The van der Waals surface area contributed by atoms with Gasteiger partial charge in [-0.1, -0.05) is 26.0 Å². The first-order chi connectivity index (χ1) is 11.5. The van der Waals surface area contributed by atoms with Crippen LogP contribution in [0.5, 0.6) is 11.5 Å². The Balaban J connectivity index is 2.05. The van der Waals surface area contributed by atoms with Gasteiger partial charge < -0.3 is 19.3 Å². The lowest BCUT2D eigenvalue weighted by molar-refractivity contribution is -0.137. The van der Waals surface area contributed by atoms with E-state index < -0.39 is 0 Å². The molecular formula is C19H30N2O3. The molecule has 0 aromatic heterocycles. The van der Waals surface area contributed by atoms with Crippen LogP contribution in [0.2, 0.25) is 0 Å². The molecule has 1 saturated heterocycles. The molecule has 5 heteroatoms. The van der Waals surface area contributed by atoms with E-state index in [-0.39, 0.29) is 5.91 Å². The molecule has 0 aliphatic carbocycles. The second-order valence-corrected chi connectivity index (χ2v) is 6.81. The number of piperazine rings is 1. The van der Waals surface area contributed by atoms with Gasteiger partial charge in [-0.15, -0.1) is 0 Å². The maximum absolute atomic E-state index is 12.8. The van der Waals surface area contributed by atoms with Crippen LogP contribution in [0.15, 0.2) is 18.2 Å². The first-order valence-electron chi connectivity index (χ1n) is 8.65. The molecule has 5 nitrogen and oxygen atoms in total. The van der Waals surface area contributed by atoms with Crippen LogP contribution < -0.4 is 9.47 Å². The lowest BCUT2D eigenvalue weighted by Crippen LogP contribution is -2.56. The minimum Gasteiger partial charge on any atom is -0.493 e. The molecule has 0 bridgehead atoms. The van der Waals surface area contributed by atoms with Gasteiger partial charge in [-0.3, -0.25) is 4.79 Å². The summed E-state index contributed by atoms with van der Waals surface area (Å²) in [5, 5.41) is 0. The lowest BCUT2D eigenvalue weighted by atomic mass is 9.98. The highest BCUT2D eigenvalue weighted by molar-refractivity contribution is 5.77. The molecule has 0 N–H and O–H groups in total. The van der Waals surface area contributed by atoms with Gasteiger partial charge in [0.05, 0.1) is 14.2 Å². The number of likely N-dealkylation sites (N-methyl/N-ethyl adjacent to an activating group) is 1. The molecule has 2 rings (SSSR count). The third-order valence-electron chi connectivity index (χ3n) is 4.80. The van der Waals surface area contributed by atoms with Crippen molar-refractivity contribution in [1.29, 1.82) is 0 Å². The summed E-state index contributed by atoms with van der Waals surface area (Å²) in [6.45, 7) is 7.08. The molecule has 1 aromatic carbocycles. The van der Waals surface area contributed by atoms with Crippen LogP contribution in [0.3, 0.4) is 0 Å². The number of methoxy groups -OCH3 is 2. The Morgan fingerprint density at radius 3 is 2.62 bits per heavy atom. The number of amides is 1. The molecule has 1 aliphatic heterocycles. The van der Waals surface area contributed by atoms with Gasteiger partial charge in [0, 0.05) is 32.1 Å². The van der Waals surface area contributed by atoms with E-state index in [1.165, 1.54) is 0 Å². The normalized spacial score (nSPS) is 18.8. The summed E-state index contributed by atoms with van der Waals surface area (Å²) in [5.74, 6) is 2.13. The average molecular weight is 334 g/mol. The lowest BCUT2D eigenvalue weighted by Gasteiger charge is -2.42. The largest absolute Gasteiger partial charge is 0.493 e. The summed E-state index contributed by atoms with van der Waals surface area (Å²) in [6, 6.07) is 6.11. The SMILES string of the molecule is COc1cccc(CCC(=O)N2CCN(C)C[C@H]2C(C)C)c1OC.